The molecule has 3 nitrogen and oxygen atoms in total. The van der Waals surface area contributed by atoms with E-state index in [0.717, 1.165) is 16.8 Å². The highest BCUT2D eigenvalue weighted by Gasteiger charge is 2.30. The van der Waals surface area contributed by atoms with E-state index in [4.69, 9.17) is 5.73 Å². The highest BCUT2D eigenvalue weighted by molar-refractivity contribution is 8.01. The van der Waals surface area contributed by atoms with Gasteiger partial charge >= 0.3 is 0 Å². The van der Waals surface area contributed by atoms with Crippen LogP contribution in [-0.2, 0) is 0 Å². The van der Waals surface area contributed by atoms with Gasteiger partial charge in [-0.2, -0.15) is 0 Å². The first kappa shape index (κ1) is 13.3. The molecule has 2 N–H and O–H groups in total. The van der Waals surface area contributed by atoms with E-state index in [1.54, 1.807) is 11.3 Å². The number of aromatic nitrogens is 2. The maximum absolute atomic E-state index is 5.90. The van der Waals surface area contributed by atoms with Crippen molar-refractivity contribution in [3.05, 3.63) is 5.51 Å². The highest BCUT2D eigenvalue weighted by atomic mass is 32.2. The summed E-state index contributed by atoms with van der Waals surface area (Å²) in [6, 6.07) is 0. The van der Waals surface area contributed by atoms with Gasteiger partial charge in [0.15, 0.2) is 4.34 Å². The van der Waals surface area contributed by atoms with Crippen LogP contribution in [0.4, 0.5) is 0 Å². The Kier molecular flexibility index (Phi) is 5.25. The van der Waals surface area contributed by atoms with Gasteiger partial charge in [-0.05, 0) is 31.2 Å². The minimum absolute atomic E-state index is 0.651. The van der Waals surface area contributed by atoms with E-state index in [1.165, 1.54) is 32.1 Å². The molecule has 1 saturated carbocycles. The lowest BCUT2D eigenvalue weighted by Crippen LogP contribution is -2.32. The van der Waals surface area contributed by atoms with Crippen molar-refractivity contribution < 1.29 is 0 Å². The van der Waals surface area contributed by atoms with Gasteiger partial charge in [0, 0.05) is 5.25 Å². The Balaban J connectivity index is 1.94. The molecule has 5 heteroatoms. The van der Waals surface area contributed by atoms with E-state index >= 15 is 0 Å². The summed E-state index contributed by atoms with van der Waals surface area (Å²) in [5.41, 5.74) is 7.71. The number of nitrogens with two attached hydrogens (primary N) is 1. The van der Waals surface area contributed by atoms with Crippen LogP contribution in [0.1, 0.15) is 39.0 Å². The lowest BCUT2D eigenvalue weighted by atomic mass is 9.80. The molecule has 0 aliphatic heterocycles. The first-order valence-electron chi connectivity index (χ1n) is 6.46. The Morgan fingerprint density at radius 2 is 2.41 bits per heavy atom. The fourth-order valence-electron chi connectivity index (χ4n) is 2.70. The molecule has 3 unspecified atom stereocenters. The summed E-state index contributed by atoms with van der Waals surface area (Å²) in [7, 11) is 0. The van der Waals surface area contributed by atoms with Gasteiger partial charge in [-0.15, -0.1) is 10.2 Å². The molecular weight excluding hydrogens is 250 g/mol. The summed E-state index contributed by atoms with van der Waals surface area (Å²) in [6.45, 7) is 3.09. The Hall–Kier alpha value is -0.130. The van der Waals surface area contributed by atoms with E-state index in [0.29, 0.717) is 11.2 Å². The van der Waals surface area contributed by atoms with Crippen LogP contribution in [0.3, 0.4) is 0 Å². The summed E-state index contributed by atoms with van der Waals surface area (Å²) in [6.07, 6.45) is 6.62. The molecule has 1 aromatic rings. The molecule has 1 heterocycles. The smallest absolute Gasteiger partial charge is 0.174 e. The number of hydrogen-bond acceptors (Lipinski definition) is 5. The first-order valence-corrected chi connectivity index (χ1v) is 8.22. The standard InChI is InChI=1S/C12H21N3S2/c1-2-3-9-4-5-10(7-13)11(6-9)17-12-15-14-8-16-12/h8-11H,2-7,13H2,1H3. The zero-order valence-corrected chi connectivity index (χ0v) is 12.0. The SMILES string of the molecule is CCCC1CCC(CN)C(Sc2nncs2)C1. The summed E-state index contributed by atoms with van der Waals surface area (Å²) >= 11 is 3.54. The third-order valence-corrected chi connectivity index (χ3v) is 5.85. The van der Waals surface area contributed by atoms with Gasteiger partial charge in [-0.3, -0.25) is 0 Å². The second-order valence-electron chi connectivity index (χ2n) is 4.82. The van der Waals surface area contributed by atoms with Crippen molar-refractivity contribution in [2.24, 2.45) is 17.6 Å². The largest absolute Gasteiger partial charge is 0.330 e. The second-order valence-corrected chi connectivity index (χ2v) is 7.14. The molecule has 0 saturated heterocycles. The topological polar surface area (TPSA) is 51.8 Å². The molecule has 3 atom stereocenters. The molecule has 2 rings (SSSR count). The van der Waals surface area contributed by atoms with Gasteiger partial charge in [-0.25, -0.2) is 0 Å². The van der Waals surface area contributed by atoms with E-state index in [9.17, 15) is 0 Å². The van der Waals surface area contributed by atoms with Crippen molar-refractivity contribution in [3.8, 4) is 0 Å². The van der Waals surface area contributed by atoms with Crippen molar-refractivity contribution in [3.63, 3.8) is 0 Å². The van der Waals surface area contributed by atoms with E-state index in [-0.39, 0.29) is 0 Å². The van der Waals surface area contributed by atoms with E-state index in [1.807, 2.05) is 17.3 Å². The molecule has 96 valence electrons. The number of thioether (sulfide) groups is 1. The van der Waals surface area contributed by atoms with Crippen molar-refractivity contribution >= 4 is 23.1 Å². The van der Waals surface area contributed by atoms with Gasteiger partial charge in [0.05, 0.1) is 0 Å². The minimum atomic E-state index is 0.651. The Morgan fingerprint density at radius 1 is 1.53 bits per heavy atom. The zero-order chi connectivity index (χ0) is 12.1. The molecule has 1 aliphatic carbocycles. The molecule has 1 fully saturated rings. The van der Waals surface area contributed by atoms with E-state index < -0.39 is 0 Å². The first-order chi connectivity index (χ1) is 8.33. The van der Waals surface area contributed by atoms with Crippen LogP contribution < -0.4 is 5.73 Å². The minimum Gasteiger partial charge on any atom is -0.330 e. The second kappa shape index (κ2) is 6.71. The third-order valence-electron chi connectivity index (χ3n) is 3.63. The van der Waals surface area contributed by atoms with Crippen molar-refractivity contribution in [1.29, 1.82) is 0 Å². The van der Waals surface area contributed by atoms with Crippen LogP contribution in [0.2, 0.25) is 0 Å². The molecule has 17 heavy (non-hydrogen) atoms. The van der Waals surface area contributed by atoms with Gasteiger partial charge < -0.3 is 5.73 Å². The maximum Gasteiger partial charge on any atom is 0.174 e. The quantitative estimate of drug-likeness (QED) is 0.893. The third kappa shape index (κ3) is 3.66. The fraction of sp³-hybridized carbons (Fsp3) is 0.833. The zero-order valence-electron chi connectivity index (χ0n) is 10.3. The molecular formula is C12H21N3S2. The average Bonchev–Trinajstić information content (AvgIpc) is 2.83. The van der Waals surface area contributed by atoms with Gasteiger partial charge in [0.1, 0.15) is 5.51 Å². The number of hydrogen-bond donors (Lipinski definition) is 1. The van der Waals surface area contributed by atoms with Crippen LogP contribution in [0.25, 0.3) is 0 Å². The van der Waals surface area contributed by atoms with Crippen LogP contribution in [0.5, 0.6) is 0 Å². The van der Waals surface area contributed by atoms with Gasteiger partial charge in [0.25, 0.3) is 0 Å². The summed E-state index contributed by atoms with van der Waals surface area (Å²) in [5.74, 6) is 1.56. The van der Waals surface area contributed by atoms with Crippen molar-refractivity contribution in [2.75, 3.05) is 6.54 Å². The Labute approximate surface area is 112 Å². The summed E-state index contributed by atoms with van der Waals surface area (Å²) in [4.78, 5) is 0. The fourth-order valence-corrected chi connectivity index (χ4v) is 4.86. The van der Waals surface area contributed by atoms with E-state index in [2.05, 4.69) is 17.1 Å². The molecule has 1 aromatic heterocycles. The van der Waals surface area contributed by atoms with Crippen LogP contribution in [0.15, 0.2) is 9.85 Å². The number of rotatable bonds is 5. The van der Waals surface area contributed by atoms with Crippen LogP contribution >= 0.6 is 23.1 Å². The van der Waals surface area contributed by atoms with Crippen LogP contribution in [-0.4, -0.2) is 22.0 Å². The lowest BCUT2D eigenvalue weighted by molar-refractivity contribution is 0.276. The van der Waals surface area contributed by atoms with Gasteiger partial charge in [0.2, 0.25) is 0 Å². The molecule has 0 bridgehead atoms. The molecule has 0 spiro atoms. The maximum atomic E-state index is 5.90. The predicted octanol–water partition coefficient (Wildman–Crippen LogP) is 3.17. The van der Waals surface area contributed by atoms with Crippen molar-refractivity contribution in [2.45, 2.75) is 48.6 Å². The molecule has 0 aromatic carbocycles. The molecule has 1 aliphatic rings. The van der Waals surface area contributed by atoms with Gasteiger partial charge in [-0.1, -0.05) is 49.3 Å². The number of nitrogens with zero attached hydrogens (tertiary/aromatic N) is 2. The monoisotopic (exact) mass is 271 g/mol. The molecule has 0 amide bonds. The van der Waals surface area contributed by atoms with Crippen molar-refractivity contribution in [1.82, 2.24) is 10.2 Å². The average molecular weight is 271 g/mol. The Morgan fingerprint density at radius 3 is 3.06 bits per heavy atom. The normalized spacial score (nSPS) is 29.4. The summed E-state index contributed by atoms with van der Waals surface area (Å²) < 4.78 is 1.10. The molecule has 0 radical (unpaired) electrons. The summed E-state index contributed by atoms with van der Waals surface area (Å²) in [5, 5.41) is 8.70. The Bertz CT molecular complexity index is 316. The predicted molar refractivity (Wildman–Crippen MR) is 74.3 cm³/mol. The lowest BCUT2D eigenvalue weighted by Gasteiger charge is -2.34. The van der Waals surface area contributed by atoms with Crippen LogP contribution in [0, 0.1) is 11.8 Å². The highest BCUT2D eigenvalue weighted by Crippen LogP contribution is 2.41.